The third kappa shape index (κ3) is 3.71. The molecule has 0 N–H and O–H groups in total. The Morgan fingerprint density at radius 1 is 1.37 bits per heavy atom. The lowest BCUT2D eigenvalue weighted by molar-refractivity contribution is -0.187. The van der Waals surface area contributed by atoms with Crippen LogP contribution in [0.3, 0.4) is 0 Å². The molecule has 1 aliphatic heterocycles. The molecule has 4 nitrogen and oxygen atoms in total. The van der Waals surface area contributed by atoms with Crippen molar-refractivity contribution in [1.82, 2.24) is 0 Å². The van der Waals surface area contributed by atoms with Crippen LogP contribution in [0.2, 0.25) is 0 Å². The Morgan fingerprint density at radius 3 is 2.68 bits per heavy atom. The van der Waals surface area contributed by atoms with Gasteiger partial charge in [-0.15, -0.1) is 0 Å². The average molecular weight is 400 g/mol. The zero-order valence-corrected chi connectivity index (χ0v) is 14.2. The molecule has 2 aliphatic rings. The van der Waals surface area contributed by atoms with Crippen LogP contribution in [-0.2, 0) is 19.0 Å². The predicted molar refractivity (Wildman–Crippen MR) is 78.7 cm³/mol. The van der Waals surface area contributed by atoms with Crippen LogP contribution in [0.1, 0.15) is 39.0 Å². The second-order valence-corrected chi connectivity index (χ2v) is 7.08. The summed E-state index contributed by atoms with van der Waals surface area (Å²) >= 11 is 6.91. The first-order valence-corrected chi connectivity index (χ1v) is 8.68. The summed E-state index contributed by atoms with van der Waals surface area (Å²) in [6.07, 6.45) is 5.34. The van der Waals surface area contributed by atoms with Crippen LogP contribution < -0.4 is 0 Å². The second-order valence-electron chi connectivity index (χ2n) is 5.04. The van der Waals surface area contributed by atoms with Gasteiger partial charge in [-0.1, -0.05) is 38.3 Å². The van der Waals surface area contributed by atoms with Gasteiger partial charge in [0.05, 0.1) is 24.1 Å². The molecule has 0 bridgehead atoms. The summed E-state index contributed by atoms with van der Waals surface area (Å²) in [5.74, 6) is -0.673. The van der Waals surface area contributed by atoms with Gasteiger partial charge in [-0.05, 0) is 19.8 Å². The van der Waals surface area contributed by atoms with Gasteiger partial charge in [0, 0.05) is 12.8 Å². The Morgan fingerprint density at radius 2 is 2.05 bits per heavy atom. The van der Waals surface area contributed by atoms with Crippen molar-refractivity contribution in [2.45, 2.75) is 60.6 Å². The molecule has 2 fully saturated rings. The molecule has 1 saturated heterocycles. The number of hydrogen-bond donors (Lipinski definition) is 0. The quantitative estimate of drug-likeness (QED) is 0.538. The van der Waals surface area contributed by atoms with Crippen LogP contribution in [-0.4, -0.2) is 40.7 Å². The van der Waals surface area contributed by atoms with Crippen molar-refractivity contribution in [3.63, 3.8) is 0 Å². The van der Waals surface area contributed by atoms with E-state index in [4.69, 9.17) is 14.2 Å². The van der Waals surface area contributed by atoms with Gasteiger partial charge in [0.15, 0.2) is 5.79 Å². The van der Waals surface area contributed by atoms with Gasteiger partial charge in [-0.25, -0.2) is 0 Å². The zero-order valence-electron chi connectivity index (χ0n) is 11.1. The van der Waals surface area contributed by atoms with Crippen LogP contribution >= 0.6 is 31.9 Å². The first-order valence-electron chi connectivity index (χ1n) is 6.84. The minimum Gasteiger partial charge on any atom is -0.465 e. The zero-order chi connectivity index (χ0) is 13.9. The van der Waals surface area contributed by atoms with Crippen molar-refractivity contribution in [3.05, 3.63) is 0 Å². The maximum absolute atomic E-state index is 11.7. The lowest BCUT2D eigenvalue weighted by atomic mass is 9.94. The summed E-state index contributed by atoms with van der Waals surface area (Å²) in [5.41, 5.74) is 0. The fourth-order valence-electron chi connectivity index (χ4n) is 2.63. The molecule has 1 saturated carbocycles. The summed E-state index contributed by atoms with van der Waals surface area (Å²) in [6, 6.07) is 0. The standard InChI is InChI=1S/C13H20Br2O4/c1-2-17-12(16)11(15)10(14)9-8-18-13(19-9)6-4-3-5-7-13/h9-11H,2-8H2,1H3/t9-,10?,11?/m1/s1. The fraction of sp³-hybridized carbons (Fsp3) is 0.923. The normalized spacial score (nSPS) is 29.1. The van der Waals surface area contributed by atoms with E-state index in [-0.39, 0.29) is 16.9 Å². The SMILES string of the molecule is CCOC(=O)C(Br)C(Br)[C@H]1COC2(CCCCC2)O1. The van der Waals surface area contributed by atoms with E-state index in [9.17, 15) is 4.79 Å². The van der Waals surface area contributed by atoms with Crippen molar-refractivity contribution < 1.29 is 19.0 Å². The molecule has 0 amide bonds. The highest BCUT2D eigenvalue weighted by Crippen LogP contribution is 2.40. The minimum atomic E-state index is -0.417. The Balaban J connectivity index is 1.90. The van der Waals surface area contributed by atoms with E-state index in [2.05, 4.69) is 31.9 Å². The van der Waals surface area contributed by atoms with Crippen LogP contribution in [0, 0.1) is 0 Å². The number of halogens is 2. The molecule has 0 aromatic heterocycles. The number of rotatable bonds is 4. The molecule has 1 aliphatic carbocycles. The molecule has 3 atom stereocenters. The topological polar surface area (TPSA) is 44.8 Å². The third-order valence-corrected chi connectivity index (χ3v) is 6.41. The summed E-state index contributed by atoms with van der Waals surface area (Å²) < 4.78 is 17.0. The van der Waals surface area contributed by atoms with Crippen LogP contribution in [0.4, 0.5) is 0 Å². The van der Waals surface area contributed by atoms with Gasteiger partial charge in [-0.2, -0.15) is 0 Å². The summed E-state index contributed by atoms with van der Waals surface area (Å²) in [5, 5.41) is 0. The van der Waals surface area contributed by atoms with Crippen molar-refractivity contribution in [1.29, 1.82) is 0 Å². The van der Waals surface area contributed by atoms with E-state index in [1.807, 2.05) is 0 Å². The highest BCUT2D eigenvalue weighted by atomic mass is 79.9. The molecule has 1 heterocycles. The van der Waals surface area contributed by atoms with Gasteiger partial charge in [0.1, 0.15) is 4.83 Å². The Hall–Kier alpha value is 0.350. The van der Waals surface area contributed by atoms with Gasteiger partial charge in [0.25, 0.3) is 0 Å². The molecular formula is C13H20Br2O4. The Kier molecular flexibility index (Phi) is 5.69. The average Bonchev–Trinajstić information content (AvgIpc) is 2.82. The van der Waals surface area contributed by atoms with Crippen molar-refractivity contribution in [2.75, 3.05) is 13.2 Å². The summed E-state index contributed by atoms with van der Waals surface area (Å²) in [7, 11) is 0. The van der Waals surface area contributed by atoms with E-state index in [1.54, 1.807) is 6.92 Å². The van der Waals surface area contributed by atoms with Crippen molar-refractivity contribution >= 4 is 37.8 Å². The number of alkyl halides is 2. The van der Waals surface area contributed by atoms with Gasteiger partial charge in [-0.3, -0.25) is 4.79 Å². The van der Waals surface area contributed by atoms with E-state index < -0.39 is 10.6 Å². The van der Waals surface area contributed by atoms with Crippen molar-refractivity contribution in [3.8, 4) is 0 Å². The maximum Gasteiger partial charge on any atom is 0.320 e. The van der Waals surface area contributed by atoms with Crippen LogP contribution in [0.5, 0.6) is 0 Å². The first kappa shape index (κ1) is 15.7. The molecular weight excluding hydrogens is 380 g/mol. The smallest absolute Gasteiger partial charge is 0.320 e. The molecule has 0 aromatic carbocycles. The van der Waals surface area contributed by atoms with Gasteiger partial charge < -0.3 is 14.2 Å². The Labute approximate surface area is 130 Å². The van der Waals surface area contributed by atoms with Gasteiger partial charge in [0.2, 0.25) is 0 Å². The molecule has 2 rings (SSSR count). The predicted octanol–water partition coefficient (Wildman–Crippen LogP) is 3.15. The lowest BCUT2D eigenvalue weighted by Gasteiger charge is -2.32. The Bertz CT molecular complexity index is 318. The highest BCUT2D eigenvalue weighted by molar-refractivity contribution is 9.12. The summed E-state index contributed by atoms with van der Waals surface area (Å²) in [6.45, 7) is 2.71. The van der Waals surface area contributed by atoms with Gasteiger partial charge >= 0.3 is 5.97 Å². The van der Waals surface area contributed by atoms with E-state index in [0.717, 1.165) is 25.7 Å². The molecule has 110 valence electrons. The monoisotopic (exact) mass is 398 g/mol. The van der Waals surface area contributed by atoms with Crippen molar-refractivity contribution in [2.24, 2.45) is 0 Å². The largest absolute Gasteiger partial charge is 0.465 e. The third-order valence-electron chi connectivity index (χ3n) is 3.64. The second kappa shape index (κ2) is 6.87. The lowest BCUT2D eigenvalue weighted by Crippen LogP contribution is -2.39. The minimum absolute atomic E-state index is 0.119. The highest BCUT2D eigenvalue weighted by Gasteiger charge is 2.46. The number of carbonyl (C=O) groups is 1. The molecule has 1 spiro atoms. The molecule has 19 heavy (non-hydrogen) atoms. The number of esters is 1. The molecule has 6 heteroatoms. The number of ether oxygens (including phenoxy) is 3. The first-order chi connectivity index (χ1) is 9.08. The number of carbonyl (C=O) groups excluding carboxylic acids is 1. The molecule has 0 radical (unpaired) electrons. The summed E-state index contributed by atoms with van der Waals surface area (Å²) in [4.78, 5) is 11.2. The van der Waals surface area contributed by atoms with E-state index in [0.29, 0.717) is 13.2 Å². The molecule has 0 aromatic rings. The van der Waals surface area contributed by atoms with E-state index in [1.165, 1.54) is 6.42 Å². The molecule has 2 unspecified atom stereocenters. The van der Waals surface area contributed by atoms with Crippen LogP contribution in [0.25, 0.3) is 0 Å². The number of hydrogen-bond acceptors (Lipinski definition) is 4. The van der Waals surface area contributed by atoms with Crippen LogP contribution in [0.15, 0.2) is 0 Å². The maximum atomic E-state index is 11.7. The van der Waals surface area contributed by atoms with E-state index >= 15 is 0 Å². The fourth-order valence-corrected chi connectivity index (χ4v) is 3.58.